The first kappa shape index (κ1) is 11.1. The number of benzene rings is 1. The molecule has 3 aromatic rings. The van der Waals surface area contributed by atoms with E-state index in [1.54, 1.807) is 12.1 Å². The fourth-order valence-corrected chi connectivity index (χ4v) is 2.27. The summed E-state index contributed by atoms with van der Waals surface area (Å²) in [6, 6.07) is 10.8. The summed E-state index contributed by atoms with van der Waals surface area (Å²) in [5.41, 5.74) is 3.78. The Kier molecular flexibility index (Phi) is 2.49. The van der Waals surface area contributed by atoms with Crippen molar-refractivity contribution in [3.05, 3.63) is 47.2 Å². The number of nitrogens with zero attached hydrogens (tertiary/aromatic N) is 1. The van der Waals surface area contributed by atoms with Crippen molar-refractivity contribution < 1.29 is 5.11 Å². The summed E-state index contributed by atoms with van der Waals surface area (Å²) in [5, 5.41) is 10.8. The molecule has 2 heterocycles. The van der Waals surface area contributed by atoms with E-state index in [2.05, 4.69) is 9.97 Å². The van der Waals surface area contributed by atoms with Crippen LogP contribution in [0.15, 0.2) is 36.4 Å². The van der Waals surface area contributed by atoms with Gasteiger partial charge in [0.15, 0.2) is 0 Å². The summed E-state index contributed by atoms with van der Waals surface area (Å²) >= 11 is 6.03. The number of aromatic amines is 1. The van der Waals surface area contributed by atoms with E-state index >= 15 is 0 Å². The minimum atomic E-state index is 0.238. The summed E-state index contributed by atoms with van der Waals surface area (Å²) in [4.78, 5) is 7.63. The maximum Gasteiger partial charge on any atom is 0.131 e. The Balaban J connectivity index is 2.30. The third kappa shape index (κ3) is 1.83. The van der Waals surface area contributed by atoms with E-state index in [9.17, 15) is 5.11 Å². The van der Waals surface area contributed by atoms with Gasteiger partial charge in [-0.3, -0.25) is 0 Å². The molecule has 0 saturated heterocycles. The van der Waals surface area contributed by atoms with Crippen LogP contribution >= 0.6 is 11.6 Å². The minimum Gasteiger partial charge on any atom is -0.508 e. The number of aryl methyl sites for hydroxylation is 1. The van der Waals surface area contributed by atoms with Crippen molar-refractivity contribution in [1.82, 2.24) is 9.97 Å². The molecule has 90 valence electrons. The number of nitrogens with one attached hydrogen (secondary N) is 1. The van der Waals surface area contributed by atoms with E-state index in [0.29, 0.717) is 5.15 Å². The lowest BCUT2D eigenvalue weighted by Gasteiger charge is -2.04. The number of pyridine rings is 1. The van der Waals surface area contributed by atoms with Crippen molar-refractivity contribution in [2.45, 2.75) is 6.92 Å². The lowest BCUT2D eigenvalue weighted by Crippen LogP contribution is -1.85. The number of rotatable bonds is 1. The highest BCUT2D eigenvalue weighted by atomic mass is 35.5. The third-order valence-electron chi connectivity index (χ3n) is 2.86. The van der Waals surface area contributed by atoms with Crippen LogP contribution in [0.5, 0.6) is 5.75 Å². The molecule has 0 bridgehead atoms. The van der Waals surface area contributed by atoms with Crippen LogP contribution in [-0.4, -0.2) is 15.1 Å². The molecule has 18 heavy (non-hydrogen) atoms. The van der Waals surface area contributed by atoms with Crippen molar-refractivity contribution in [2.24, 2.45) is 0 Å². The van der Waals surface area contributed by atoms with Gasteiger partial charge in [0.05, 0.1) is 11.2 Å². The maximum atomic E-state index is 9.32. The SMILES string of the molecule is Cc1cc2c(-c3ccc(O)cc3)nc(Cl)cc2[nH]1. The molecular formula is C14H11ClN2O. The first-order valence-corrected chi connectivity index (χ1v) is 5.96. The minimum absolute atomic E-state index is 0.238. The smallest absolute Gasteiger partial charge is 0.131 e. The van der Waals surface area contributed by atoms with Gasteiger partial charge in [0, 0.05) is 16.6 Å². The topological polar surface area (TPSA) is 48.9 Å². The maximum absolute atomic E-state index is 9.32. The number of hydrogen-bond donors (Lipinski definition) is 2. The Labute approximate surface area is 109 Å². The van der Waals surface area contributed by atoms with Gasteiger partial charge in [-0.15, -0.1) is 0 Å². The standard InChI is InChI=1S/C14H11ClN2O/c1-8-6-11-12(16-8)7-13(15)17-14(11)9-2-4-10(18)5-3-9/h2-7,16,18H,1H3. The first-order chi connectivity index (χ1) is 8.63. The molecule has 0 spiro atoms. The molecule has 2 aromatic heterocycles. The van der Waals surface area contributed by atoms with E-state index in [0.717, 1.165) is 27.9 Å². The molecule has 4 heteroatoms. The zero-order chi connectivity index (χ0) is 12.7. The van der Waals surface area contributed by atoms with Crippen molar-refractivity contribution in [3.8, 4) is 17.0 Å². The highest BCUT2D eigenvalue weighted by Crippen LogP contribution is 2.30. The molecule has 0 aliphatic heterocycles. The average Bonchev–Trinajstić information content (AvgIpc) is 2.69. The van der Waals surface area contributed by atoms with Crippen LogP contribution in [0.2, 0.25) is 5.15 Å². The second-order valence-electron chi connectivity index (χ2n) is 4.25. The zero-order valence-electron chi connectivity index (χ0n) is 9.74. The Morgan fingerprint density at radius 2 is 1.89 bits per heavy atom. The lowest BCUT2D eigenvalue weighted by molar-refractivity contribution is 0.475. The number of fused-ring (bicyclic) bond motifs is 1. The van der Waals surface area contributed by atoms with Crippen LogP contribution in [0.25, 0.3) is 22.2 Å². The predicted molar refractivity (Wildman–Crippen MR) is 72.9 cm³/mol. The molecule has 1 aromatic carbocycles. The number of H-pyrrole nitrogens is 1. The Morgan fingerprint density at radius 3 is 2.61 bits per heavy atom. The van der Waals surface area contributed by atoms with Crippen LogP contribution < -0.4 is 0 Å². The number of phenols is 1. The molecule has 3 nitrogen and oxygen atoms in total. The monoisotopic (exact) mass is 258 g/mol. The molecule has 0 aliphatic rings. The van der Waals surface area contributed by atoms with Crippen molar-refractivity contribution in [2.75, 3.05) is 0 Å². The van der Waals surface area contributed by atoms with E-state index in [1.165, 1.54) is 0 Å². The largest absolute Gasteiger partial charge is 0.508 e. The second-order valence-corrected chi connectivity index (χ2v) is 4.64. The average molecular weight is 259 g/mol. The molecule has 2 N–H and O–H groups in total. The van der Waals surface area contributed by atoms with Gasteiger partial charge in [-0.25, -0.2) is 4.98 Å². The van der Waals surface area contributed by atoms with Crippen molar-refractivity contribution in [1.29, 1.82) is 0 Å². The number of hydrogen-bond acceptors (Lipinski definition) is 2. The molecule has 0 amide bonds. The zero-order valence-corrected chi connectivity index (χ0v) is 10.5. The summed E-state index contributed by atoms with van der Waals surface area (Å²) in [6.07, 6.45) is 0. The van der Waals surface area contributed by atoms with Crippen LogP contribution in [0, 0.1) is 6.92 Å². The van der Waals surface area contributed by atoms with Crippen molar-refractivity contribution >= 4 is 22.5 Å². The van der Waals surface area contributed by atoms with Crippen LogP contribution in [0.1, 0.15) is 5.69 Å². The normalized spacial score (nSPS) is 11.0. The Hall–Kier alpha value is -2.00. The predicted octanol–water partition coefficient (Wildman–Crippen LogP) is 3.90. The number of phenolic OH excluding ortho intramolecular Hbond substituents is 1. The number of aromatic hydroxyl groups is 1. The van der Waals surface area contributed by atoms with E-state index in [4.69, 9.17) is 11.6 Å². The van der Waals surface area contributed by atoms with E-state index < -0.39 is 0 Å². The van der Waals surface area contributed by atoms with Gasteiger partial charge < -0.3 is 10.1 Å². The molecule has 0 radical (unpaired) electrons. The molecule has 3 rings (SSSR count). The molecule has 0 saturated carbocycles. The summed E-state index contributed by atoms with van der Waals surface area (Å²) in [6.45, 7) is 1.99. The van der Waals surface area contributed by atoms with Gasteiger partial charge in [0.1, 0.15) is 10.9 Å². The molecular weight excluding hydrogens is 248 g/mol. The second kappa shape index (κ2) is 4.03. The van der Waals surface area contributed by atoms with Crippen molar-refractivity contribution in [3.63, 3.8) is 0 Å². The lowest BCUT2D eigenvalue weighted by atomic mass is 10.1. The van der Waals surface area contributed by atoms with Gasteiger partial charge in [-0.1, -0.05) is 11.6 Å². The van der Waals surface area contributed by atoms with Gasteiger partial charge in [0.25, 0.3) is 0 Å². The summed E-state index contributed by atoms with van der Waals surface area (Å²) in [5.74, 6) is 0.238. The quantitative estimate of drug-likeness (QED) is 0.651. The Morgan fingerprint density at radius 1 is 1.17 bits per heavy atom. The third-order valence-corrected chi connectivity index (χ3v) is 3.05. The molecule has 0 aliphatic carbocycles. The van der Waals surface area contributed by atoms with Crippen LogP contribution in [-0.2, 0) is 0 Å². The highest BCUT2D eigenvalue weighted by Gasteiger charge is 2.09. The van der Waals surface area contributed by atoms with Gasteiger partial charge in [0.2, 0.25) is 0 Å². The molecule has 0 unspecified atom stereocenters. The molecule has 0 atom stereocenters. The fourth-order valence-electron chi connectivity index (χ4n) is 2.08. The highest BCUT2D eigenvalue weighted by molar-refractivity contribution is 6.30. The fraction of sp³-hybridized carbons (Fsp3) is 0.0714. The number of aromatic nitrogens is 2. The van der Waals surface area contributed by atoms with E-state index in [1.807, 2.05) is 31.2 Å². The van der Waals surface area contributed by atoms with Gasteiger partial charge >= 0.3 is 0 Å². The van der Waals surface area contributed by atoms with Gasteiger partial charge in [-0.2, -0.15) is 0 Å². The van der Waals surface area contributed by atoms with Gasteiger partial charge in [-0.05, 0) is 43.3 Å². The Bertz CT molecular complexity index is 716. The molecule has 0 fully saturated rings. The first-order valence-electron chi connectivity index (χ1n) is 5.59. The van der Waals surface area contributed by atoms with Crippen LogP contribution in [0.3, 0.4) is 0 Å². The number of halogens is 1. The van der Waals surface area contributed by atoms with Crippen LogP contribution in [0.4, 0.5) is 0 Å². The van der Waals surface area contributed by atoms with E-state index in [-0.39, 0.29) is 5.75 Å². The summed E-state index contributed by atoms with van der Waals surface area (Å²) < 4.78 is 0. The summed E-state index contributed by atoms with van der Waals surface area (Å²) in [7, 11) is 0.